The van der Waals surface area contributed by atoms with Crippen molar-refractivity contribution in [1.82, 2.24) is 4.40 Å². The van der Waals surface area contributed by atoms with Gasteiger partial charge in [-0.25, -0.2) is 0 Å². The van der Waals surface area contributed by atoms with Crippen molar-refractivity contribution in [3.63, 3.8) is 0 Å². The van der Waals surface area contributed by atoms with E-state index in [4.69, 9.17) is 11.3 Å². The molecule has 0 saturated carbocycles. The molecule has 0 aliphatic rings. The highest BCUT2D eigenvalue weighted by Gasteiger charge is 2.24. The van der Waals surface area contributed by atoms with Crippen molar-refractivity contribution in [2.75, 3.05) is 7.11 Å². The Kier molecular flexibility index (Phi) is 4.95. The fraction of sp³-hybridized carbons (Fsp3) is 0.235. The summed E-state index contributed by atoms with van der Waals surface area (Å²) < 4.78 is 8.17. The highest BCUT2D eigenvalue weighted by Crippen LogP contribution is 2.41. The third-order valence-corrected chi connectivity index (χ3v) is 7.60. The van der Waals surface area contributed by atoms with E-state index in [0.717, 1.165) is 17.4 Å². The standard InChI is InChI=1S/C34H33NO/c1-8-11-22-14-16-26-27-18-23(36-7)15-17-29(27)35-32(26)31(22)21(3)30-20(2)24-12-9-10-13-25(24)28(33(30)35)19-34(4,5)6/h8-18H,3,19H2,1-2,4-7H3/b11-8-. The number of methoxy groups -OCH3 is 1. The van der Waals surface area contributed by atoms with Crippen molar-refractivity contribution in [3.05, 3.63) is 82.6 Å². The van der Waals surface area contributed by atoms with Crippen molar-refractivity contribution in [1.29, 1.82) is 0 Å². The van der Waals surface area contributed by atoms with Gasteiger partial charge in [0.15, 0.2) is 0 Å². The Morgan fingerprint density at radius 2 is 1.64 bits per heavy atom. The monoisotopic (exact) mass is 471 g/mol. The van der Waals surface area contributed by atoms with Gasteiger partial charge in [-0.2, -0.15) is 0 Å². The quantitative estimate of drug-likeness (QED) is 0.236. The first-order chi connectivity index (χ1) is 17.2. The molecule has 6 aromatic rings. The van der Waals surface area contributed by atoms with Gasteiger partial charge in [-0.15, -0.1) is 0 Å². The second-order valence-electron chi connectivity index (χ2n) is 11.2. The number of pyridine rings is 1. The molecule has 0 spiro atoms. The molecule has 0 atom stereocenters. The third-order valence-electron chi connectivity index (χ3n) is 7.60. The molecule has 0 fully saturated rings. The van der Waals surface area contributed by atoms with Crippen molar-refractivity contribution in [2.45, 2.75) is 41.0 Å². The van der Waals surface area contributed by atoms with Crippen LogP contribution in [-0.4, -0.2) is 11.5 Å². The molecule has 2 aromatic heterocycles. The molecule has 0 bridgehead atoms. The number of hydrogen-bond acceptors (Lipinski definition) is 1. The Hall–Kier alpha value is -3.78. The predicted octanol–water partition coefficient (Wildman–Crippen LogP) is 8.62. The summed E-state index contributed by atoms with van der Waals surface area (Å²) in [6, 6.07) is 19.9. The number of nitrogens with zero attached hydrogens (tertiary/aromatic N) is 1. The maximum absolute atomic E-state index is 5.64. The number of aryl methyl sites for hydroxylation is 1. The van der Waals surface area contributed by atoms with E-state index < -0.39 is 0 Å². The fourth-order valence-corrected chi connectivity index (χ4v) is 6.21. The lowest BCUT2D eigenvalue weighted by molar-refractivity contribution is 0.413. The van der Waals surface area contributed by atoms with Crippen LogP contribution in [0.1, 0.15) is 44.4 Å². The van der Waals surface area contributed by atoms with E-state index in [9.17, 15) is 0 Å². The summed E-state index contributed by atoms with van der Waals surface area (Å²) in [6.45, 7) is 16.1. The van der Waals surface area contributed by atoms with Gasteiger partial charge in [0.25, 0.3) is 0 Å². The Balaban J connectivity index is 2.03. The molecule has 0 unspecified atom stereocenters. The lowest BCUT2D eigenvalue weighted by Crippen LogP contribution is -2.15. The minimum absolute atomic E-state index is 0.130. The molecule has 0 saturated heterocycles. The average molecular weight is 472 g/mol. The molecular formula is C34H33NO. The minimum atomic E-state index is 0.130. The Morgan fingerprint density at radius 1 is 0.889 bits per heavy atom. The summed E-state index contributed by atoms with van der Waals surface area (Å²) in [7, 11) is 1.74. The first-order valence-electron chi connectivity index (χ1n) is 12.8. The summed E-state index contributed by atoms with van der Waals surface area (Å²) >= 11 is 0. The minimum Gasteiger partial charge on any atom is -0.497 e. The Labute approximate surface area is 212 Å². The van der Waals surface area contributed by atoms with Gasteiger partial charge in [0.1, 0.15) is 5.75 Å². The molecule has 0 radical (unpaired) electrons. The average Bonchev–Trinajstić information content (AvgIpc) is 3.18. The summed E-state index contributed by atoms with van der Waals surface area (Å²) in [4.78, 5) is 0. The number of fused-ring (bicyclic) bond motifs is 6. The Morgan fingerprint density at radius 3 is 2.33 bits per heavy atom. The van der Waals surface area contributed by atoms with Crippen LogP contribution >= 0.6 is 0 Å². The van der Waals surface area contributed by atoms with Gasteiger partial charge in [0.05, 0.1) is 23.7 Å². The lowest BCUT2D eigenvalue weighted by Gasteiger charge is -2.24. The molecule has 2 heteroatoms. The smallest absolute Gasteiger partial charge is 0.119 e. The Bertz CT molecular complexity index is 1910. The number of hydrogen-bond donors (Lipinski definition) is 0. The van der Waals surface area contributed by atoms with Crippen LogP contribution in [0.3, 0.4) is 0 Å². The van der Waals surface area contributed by atoms with Gasteiger partial charge < -0.3 is 9.14 Å². The molecule has 2 nitrogen and oxygen atoms in total. The van der Waals surface area contributed by atoms with Gasteiger partial charge in [-0.3, -0.25) is 0 Å². The van der Waals surface area contributed by atoms with Crippen LogP contribution in [-0.2, 0) is 6.42 Å². The van der Waals surface area contributed by atoms with E-state index >= 15 is 0 Å². The van der Waals surface area contributed by atoms with Crippen LogP contribution in [0.25, 0.3) is 61.5 Å². The van der Waals surface area contributed by atoms with Crippen LogP contribution in [0, 0.1) is 12.3 Å². The molecule has 0 N–H and O–H groups in total. The molecule has 36 heavy (non-hydrogen) atoms. The molecule has 0 aliphatic heterocycles. The van der Waals surface area contributed by atoms with Gasteiger partial charge >= 0.3 is 0 Å². The summed E-state index contributed by atoms with van der Waals surface area (Å²) in [5, 5.41) is 8.73. The number of benzene rings is 4. The van der Waals surface area contributed by atoms with Crippen molar-refractivity contribution < 1.29 is 4.74 Å². The van der Waals surface area contributed by atoms with Crippen molar-refractivity contribution in [2.24, 2.45) is 5.41 Å². The maximum atomic E-state index is 5.64. The largest absolute Gasteiger partial charge is 0.497 e. The van der Waals surface area contributed by atoms with Crippen molar-refractivity contribution >= 4 is 61.5 Å². The highest BCUT2D eigenvalue weighted by molar-refractivity contribution is 6.21. The van der Waals surface area contributed by atoms with E-state index in [1.807, 2.05) is 0 Å². The number of aromatic nitrogens is 1. The number of ether oxygens (including phenoxy) is 1. The van der Waals surface area contributed by atoms with Gasteiger partial charge in [0, 0.05) is 21.5 Å². The van der Waals surface area contributed by atoms with Gasteiger partial charge in [0.2, 0.25) is 0 Å². The van der Waals surface area contributed by atoms with E-state index in [0.29, 0.717) is 0 Å². The van der Waals surface area contributed by atoms with Crippen molar-refractivity contribution in [3.8, 4) is 5.75 Å². The molecule has 6 rings (SSSR count). The first kappa shape index (κ1) is 22.7. The topological polar surface area (TPSA) is 13.6 Å². The van der Waals surface area contributed by atoms with E-state index in [1.54, 1.807) is 7.11 Å². The van der Waals surface area contributed by atoms with Crippen LogP contribution in [0.15, 0.2) is 60.7 Å². The maximum Gasteiger partial charge on any atom is 0.119 e. The van der Waals surface area contributed by atoms with Gasteiger partial charge in [-0.05, 0) is 76.6 Å². The lowest BCUT2D eigenvalue weighted by atomic mass is 9.83. The molecule has 0 aliphatic carbocycles. The zero-order valence-corrected chi connectivity index (χ0v) is 22.1. The van der Waals surface area contributed by atoms with E-state index in [1.165, 1.54) is 65.6 Å². The summed E-state index contributed by atoms with van der Waals surface area (Å²) in [6.07, 6.45) is 5.30. The zero-order valence-electron chi connectivity index (χ0n) is 22.1. The van der Waals surface area contributed by atoms with Crippen LogP contribution < -0.4 is 9.96 Å². The van der Waals surface area contributed by atoms with E-state index in [-0.39, 0.29) is 5.41 Å². The van der Waals surface area contributed by atoms with Gasteiger partial charge in [-0.1, -0.05) is 75.9 Å². The van der Waals surface area contributed by atoms with Crippen LogP contribution in [0.5, 0.6) is 5.75 Å². The second-order valence-corrected chi connectivity index (χ2v) is 11.2. The highest BCUT2D eigenvalue weighted by atomic mass is 16.5. The molecular weight excluding hydrogens is 438 g/mol. The number of allylic oxidation sites excluding steroid dienone is 1. The molecule has 2 heterocycles. The molecule has 4 aromatic carbocycles. The summed E-state index contributed by atoms with van der Waals surface area (Å²) in [5.41, 5.74) is 7.79. The van der Waals surface area contributed by atoms with Crippen LogP contribution in [0.2, 0.25) is 0 Å². The first-order valence-corrected chi connectivity index (χ1v) is 12.8. The SMILES string of the molecule is C=c1c2c(C)c3ccccc3c(CC(C)(C)C)c2n2c3ccc(OC)cc3c3ccc(/C=C\C)c1c32. The summed E-state index contributed by atoms with van der Waals surface area (Å²) in [5.74, 6) is 0.878. The molecule has 0 amide bonds. The predicted molar refractivity (Wildman–Crippen MR) is 157 cm³/mol. The second kappa shape index (κ2) is 7.86. The number of rotatable bonds is 3. The fourth-order valence-electron chi connectivity index (χ4n) is 6.21. The van der Waals surface area contributed by atoms with Crippen LogP contribution in [0.4, 0.5) is 0 Å². The zero-order chi connectivity index (χ0) is 25.4. The third kappa shape index (κ3) is 3.10. The van der Waals surface area contributed by atoms with E-state index in [2.05, 4.69) is 106 Å². The normalized spacial score (nSPS) is 12.8. The molecule has 180 valence electrons.